The molecule has 2 N–H and O–H groups in total. The second-order valence-electron chi connectivity index (χ2n) is 4.91. The van der Waals surface area contributed by atoms with Gasteiger partial charge >= 0.3 is 6.03 Å². The largest absolute Gasteiger partial charge is 0.364 e. The monoisotopic (exact) mass is 272 g/mol. The second kappa shape index (κ2) is 5.73. The van der Waals surface area contributed by atoms with Crippen LogP contribution in [-0.2, 0) is 6.54 Å². The van der Waals surface area contributed by atoms with E-state index in [1.165, 1.54) is 6.26 Å². The molecule has 104 valence electrons. The van der Waals surface area contributed by atoms with Crippen LogP contribution in [0.4, 0.5) is 4.79 Å². The van der Waals surface area contributed by atoms with Crippen molar-refractivity contribution >= 4 is 6.03 Å². The quantitative estimate of drug-likeness (QED) is 0.872. The van der Waals surface area contributed by atoms with Gasteiger partial charge in [-0.3, -0.25) is 4.98 Å². The molecule has 0 saturated heterocycles. The summed E-state index contributed by atoms with van der Waals surface area (Å²) in [5, 5.41) is 9.55. The van der Waals surface area contributed by atoms with Crippen LogP contribution >= 0.6 is 0 Å². The van der Waals surface area contributed by atoms with Crippen molar-refractivity contribution in [3.8, 4) is 0 Å². The molecule has 1 atom stereocenters. The molecular formula is C14H16N4O2. The lowest BCUT2D eigenvalue weighted by molar-refractivity contribution is 0.235. The number of pyridine rings is 1. The maximum atomic E-state index is 12.0. The zero-order valence-corrected chi connectivity index (χ0v) is 11.0. The topological polar surface area (TPSA) is 80.0 Å². The summed E-state index contributed by atoms with van der Waals surface area (Å²) in [6.07, 6.45) is 7.28. The molecule has 2 heterocycles. The maximum Gasteiger partial charge on any atom is 0.315 e. The first-order valence-corrected chi connectivity index (χ1v) is 6.66. The van der Waals surface area contributed by atoms with Crippen LogP contribution in [-0.4, -0.2) is 16.2 Å². The van der Waals surface area contributed by atoms with Crippen LogP contribution in [0.1, 0.15) is 30.1 Å². The maximum absolute atomic E-state index is 12.0. The van der Waals surface area contributed by atoms with Crippen LogP contribution in [0, 0.1) is 5.92 Å². The van der Waals surface area contributed by atoms with Gasteiger partial charge in [0.2, 0.25) is 0 Å². The van der Waals surface area contributed by atoms with Crippen LogP contribution < -0.4 is 10.6 Å². The Morgan fingerprint density at radius 1 is 1.35 bits per heavy atom. The third kappa shape index (κ3) is 3.14. The molecule has 2 amide bonds. The Bertz CT molecular complexity index is 552. The van der Waals surface area contributed by atoms with E-state index in [4.69, 9.17) is 4.52 Å². The number of rotatable bonds is 5. The number of nitrogens with zero attached hydrogens (tertiary/aromatic N) is 2. The second-order valence-corrected chi connectivity index (χ2v) is 4.91. The van der Waals surface area contributed by atoms with Crippen LogP contribution in [0.15, 0.2) is 41.4 Å². The van der Waals surface area contributed by atoms with Crippen LogP contribution in [0.3, 0.4) is 0 Å². The van der Waals surface area contributed by atoms with Gasteiger partial charge in [-0.05, 0) is 36.5 Å². The SMILES string of the molecule is O=C(NCc1ccon1)NC(c1ccncc1)C1CC1. The number of carbonyl (C=O) groups excluding carboxylic acids is 1. The van der Waals surface area contributed by atoms with Crippen molar-refractivity contribution in [1.82, 2.24) is 20.8 Å². The molecule has 2 aromatic rings. The molecule has 2 aromatic heterocycles. The van der Waals surface area contributed by atoms with E-state index < -0.39 is 0 Å². The molecule has 0 aliphatic heterocycles. The number of nitrogens with one attached hydrogen (secondary N) is 2. The molecule has 0 aromatic carbocycles. The predicted molar refractivity (Wildman–Crippen MR) is 71.6 cm³/mol. The summed E-state index contributed by atoms with van der Waals surface area (Å²) < 4.78 is 4.72. The number of carbonyl (C=O) groups is 1. The summed E-state index contributed by atoms with van der Waals surface area (Å²) in [6.45, 7) is 0.357. The van der Waals surface area contributed by atoms with E-state index in [-0.39, 0.29) is 12.1 Å². The van der Waals surface area contributed by atoms with Gasteiger partial charge in [0.15, 0.2) is 0 Å². The van der Waals surface area contributed by atoms with Gasteiger partial charge < -0.3 is 15.2 Å². The number of hydrogen-bond donors (Lipinski definition) is 2. The van der Waals surface area contributed by atoms with Gasteiger partial charge in [-0.25, -0.2) is 4.79 Å². The molecule has 1 saturated carbocycles. The van der Waals surface area contributed by atoms with Gasteiger partial charge in [-0.15, -0.1) is 0 Å². The van der Waals surface area contributed by atoms with E-state index in [2.05, 4.69) is 20.8 Å². The number of hydrogen-bond acceptors (Lipinski definition) is 4. The minimum atomic E-state index is -0.193. The van der Waals surface area contributed by atoms with E-state index in [1.807, 2.05) is 12.1 Å². The fourth-order valence-corrected chi connectivity index (χ4v) is 2.17. The molecule has 1 aliphatic rings. The van der Waals surface area contributed by atoms with Crippen molar-refractivity contribution in [2.45, 2.75) is 25.4 Å². The zero-order chi connectivity index (χ0) is 13.8. The first-order valence-electron chi connectivity index (χ1n) is 6.66. The van der Waals surface area contributed by atoms with Gasteiger partial charge in [0.1, 0.15) is 12.0 Å². The lowest BCUT2D eigenvalue weighted by atomic mass is 10.0. The van der Waals surface area contributed by atoms with Crippen molar-refractivity contribution in [3.05, 3.63) is 48.1 Å². The molecule has 1 unspecified atom stereocenters. The normalized spacial score (nSPS) is 15.6. The van der Waals surface area contributed by atoms with E-state index in [1.54, 1.807) is 18.5 Å². The Morgan fingerprint density at radius 3 is 2.80 bits per heavy atom. The summed E-state index contributed by atoms with van der Waals surface area (Å²) in [4.78, 5) is 16.0. The van der Waals surface area contributed by atoms with Gasteiger partial charge in [0.05, 0.1) is 12.6 Å². The fraction of sp³-hybridized carbons (Fsp3) is 0.357. The molecule has 0 radical (unpaired) electrons. The van der Waals surface area contributed by atoms with E-state index in [0.29, 0.717) is 18.2 Å². The summed E-state index contributed by atoms with van der Waals surface area (Å²) in [5.74, 6) is 0.523. The molecule has 1 fully saturated rings. The highest BCUT2D eigenvalue weighted by Gasteiger charge is 2.33. The summed E-state index contributed by atoms with van der Waals surface area (Å²) in [6, 6.07) is 5.47. The summed E-state index contributed by atoms with van der Waals surface area (Å²) in [7, 11) is 0. The third-order valence-corrected chi connectivity index (χ3v) is 3.37. The summed E-state index contributed by atoms with van der Waals surface area (Å²) in [5.41, 5.74) is 1.80. The first kappa shape index (κ1) is 12.7. The Morgan fingerprint density at radius 2 is 2.15 bits per heavy atom. The van der Waals surface area contributed by atoms with Crippen LogP contribution in [0.25, 0.3) is 0 Å². The molecule has 6 heteroatoms. The van der Waals surface area contributed by atoms with E-state index in [0.717, 1.165) is 18.4 Å². The molecule has 0 spiro atoms. The first-order chi connectivity index (χ1) is 9.83. The van der Waals surface area contributed by atoms with Crippen LogP contribution in [0.5, 0.6) is 0 Å². The predicted octanol–water partition coefficient (Wildman–Crippen LogP) is 2.02. The van der Waals surface area contributed by atoms with Gasteiger partial charge in [-0.2, -0.15) is 0 Å². The van der Waals surface area contributed by atoms with Crippen molar-refractivity contribution < 1.29 is 9.32 Å². The average molecular weight is 272 g/mol. The number of aromatic nitrogens is 2. The van der Waals surface area contributed by atoms with Crippen LogP contribution in [0.2, 0.25) is 0 Å². The minimum Gasteiger partial charge on any atom is -0.364 e. The lowest BCUT2D eigenvalue weighted by Crippen LogP contribution is -2.38. The average Bonchev–Trinajstić information content (AvgIpc) is 3.19. The lowest BCUT2D eigenvalue weighted by Gasteiger charge is -2.18. The molecule has 1 aliphatic carbocycles. The molecule has 3 rings (SSSR count). The Balaban J connectivity index is 1.58. The third-order valence-electron chi connectivity index (χ3n) is 3.37. The van der Waals surface area contributed by atoms with Crippen molar-refractivity contribution in [1.29, 1.82) is 0 Å². The smallest absolute Gasteiger partial charge is 0.315 e. The molecular weight excluding hydrogens is 256 g/mol. The van der Waals surface area contributed by atoms with E-state index in [9.17, 15) is 4.79 Å². The Hall–Kier alpha value is -2.37. The fourth-order valence-electron chi connectivity index (χ4n) is 2.17. The minimum absolute atomic E-state index is 0.0512. The highest BCUT2D eigenvalue weighted by Crippen LogP contribution is 2.40. The van der Waals surface area contributed by atoms with Crippen molar-refractivity contribution in [2.75, 3.05) is 0 Å². The number of amides is 2. The van der Waals surface area contributed by atoms with Crippen molar-refractivity contribution in [2.24, 2.45) is 5.92 Å². The van der Waals surface area contributed by atoms with Gasteiger partial charge in [0, 0.05) is 18.5 Å². The molecule has 0 bridgehead atoms. The van der Waals surface area contributed by atoms with Gasteiger partial charge in [-0.1, -0.05) is 5.16 Å². The van der Waals surface area contributed by atoms with Crippen molar-refractivity contribution in [3.63, 3.8) is 0 Å². The number of urea groups is 1. The summed E-state index contributed by atoms with van der Waals surface area (Å²) >= 11 is 0. The standard InChI is InChI=1S/C14H16N4O2/c19-14(16-9-12-5-8-20-18-12)17-13(10-1-2-10)11-3-6-15-7-4-11/h3-8,10,13H,1-2,9H2,(H2,16,17,19). The Labute approximate surface area is 116 Å². The molecule has 6 nitrogen and oxygen atoms in total. The Kier molecular flexibility index (Phi) is 3.62. The highest BCUT2D eigenvalue weighted by atomic mass is 16.5. The molecule has 20 heavy (non-hydrogen) atoms. The highest BCUT2D eigenvalue weighted by molar-refractivity contribution is 5.74. The van der Waals surface area contributed by atoms with Gasteiger partial charge in [0.25, 0.3) is 0 Å². The zero-order valence-electron chi connectivity index (χ0n) is 11.0. The van der Waals surface area contributed by atoms with E-state index >= 15 is 0 Å².